The molecule has 2 aliphatic rings. The van der Waals surface area contributed by atoms with Crippen molar-refractivity contribution < 1.29 is 49.0 Å². The number of alkyl halides is 9. The van der Waals surface area contributed by atoms with Crippen LogP contribution in [0.2, 0.25) is 0 Å². The molecule has 2 saturated carbocycles. The van der Waals surface area contributed by atoms with E-state index in [1.165, 1.54) is 6.92 Å². The van der Waals surface area contributed by atoms with Crippen molar-refractivity contribution in [1.29, 1.82) is 0 Å². The van der Waals surface area contributed by atoms with E-state index in [9.17, 15) is 44.3 Å². The summed E-state index contributed by atoms with van der Waals surface area (Å²) in [5.41, 5.74) is -3.04. The van der Waals surface area contributed by atoms with Crippen molar-refractivity contribution in [3.8, 4) is 0 Å². The Morgan fingerprint density at radius 1 is 1.04 bits per heavy atom. The third kappa shape index (κ3) is 3.50. The third-order valence-electron chi connectivity index (χ3n) is 6.18. The number of fused-ring (bicyclic) bond motifs is 2. The highest BCUT2D eigenvalue weighted by molar-refractivity contribution is 5.79. The van der Waals surface area contributed by atoms with Crippen LogP contribution in [0.5, 0.6) is 0 Å². The van der Waals surface area contributed by atoms with Gasteiger partial charge in [0, 0.05) is 0 Å². The third-order valence-corrected chi connectivity index (χ3v) is 6.18. The molecule has 0 radical (unpaired) electrons. The molecule has 0 aliphatic heterocycles. The molecule has 0 heterocycles. The molecule has 5 atom stereocenters. The van der Waals surface area contributed by atoms with Crippen molar-refractivity contribution in [3.05, 3.63) is 0 Å². The number of hydrogen-bond acceptors (Lipinski definition) is 2. The van der Waals surface area contributed by atoms with Gasteiger partial charge in [-0.15, -0.1) is 0 Å². The highest BCUT2D eigenvalue weighted by atomic mass is 19.4. The smallest absolute Gasteiger partial charge is 0.405 e. The molecule has 2 bridgehead atoms. The van der Waals surface area contributed by atoms with Crippen LogP contribution in [0.15, 0.2) is 0 Å². The van der Waals surface area contributed by atoms with E-state index >= 15 is 0 Å². The number of carbonyl (C=O) groups is 1. The van der Waals surface area contributed by atoms with Crippen molar-refractivity contribution in [2.24, 2.45) is 29.1 Å². The average Bonchev–Trinajstić information content (AvgIpc) is 3.01. The first-order valence-corrected chi connectivity index (χ1v) is 8.34. The van der Waals surface area contributed by atoms with Gasteiger partial charge >= 0.3 is 24.0 Å². The van der Waals surface area contributed by atoms with E-state index in [4.69, 9.17) is 0 Å². The van der Waals surface area contributed by atoms with Crippen molar-refractivity contribution in [2.45, 2.75) is 57.6 Å². The van der Waals surface area contributed by atoms with Crippen LogP contribution in [0, 0.1) is 29.1 Å². The molecule has 0 N–H and O–H groups in total. The molecule has 158 valence electrons. The van der Waals surface area contributed by atoms with Gasteiger partial charge in [-0.05, 0) is 36.5 Å². The van der Waals surface area contributed by atoms with Gasteiger partial charge in [-0.1, -0.05) is 13.8 Å². The van der Waals surface area contributed by atoms with Gasteiger partial charge in [-0.25, -0.2) is 8.78 Å². The van der Waals surface area contributed by atoms with Crippen LogP contribution in [0.1, 0.15) is 33.1 Å². The maximum atomic E-state index is 13.7. The largest absolute Gasteiger partial charge is 0.458 e. The van der Waals surface area contributed by atoms with Crippen LogP contribution in [0.25, 0.3) is 0 Å². The Bertz CT molecular complexity index is 573. The van der Waals surface area contributed by atoms with E-state index in [-0.39, 0.29) is 12.3 Å². The lowest BCUT2D eigenvalue weighted by Crippen LogP contribution is -2.54. The van der Waals surface area contributed by atoms with Crippen LogP contribution >= 0.6 is 0 Å². The molecule has 0 aromatic carbocycles. The summed E-state index contributed by atoms with van der Waals surface area (Å²) in [5, 5.41) is 0. The Morgan fingerprint density at radius 3 is 2.00 bits per heavy atom. The number of halogens is 9. The first-order valence-electron chi connectivity index (χ1n) is 8.34. The zero-order valence-corrected chi connectivity index (χ0v) is 14.4. The summed E-state index contributed by atoms with van der Waals surface area (Å²) in [5.74, 6) is -14.8. The molecule has 2 fully saturated rings. The topological polar surface area (TPSA) is 26.3 Å². The lowest BCUT2D eigenvalue weighted by atomic mass is 9.65. The van der Waals surface area contributed by atoms with Gasteiger partial charge in [0.25, 0.3) is 0 Å². The molecule has 2 rings (SSSR count). The zero-order chi connectivity index (χ0) is 21.0. The van der Waals surface area contributed by atoms with Crippen LogP contribution in [0.4, 0.5) is 39.5 Å². The predicted octanol–water partition coefficient (Wildman–Crippen LogP) is 5.32. The van der Waals surface area contributed by atoms with Gasteiger partial charge in [0.15, 0.2) is 12.0 Å². The molecular formula is C16H19F9O2. The van der Waals surface area contributed by atoms with Crippen LogP contribution in [-0.4, -0.2) is 37.0 Å². The Labute approximate surface area is 149 Å². The summed E-state index contributed by atoms with van der Waals surface area (Å²) in [6.07, 6.45) is -12.0. The maximum Gasteiger partial charge on any atom is 0.405 e. The van der Waals surface area contributed by atoms with Crippen molar-refractivity contribution in [1.82, 2.24) is 0 Å². The van der Waals surface area contributed by atoms with Crippen molar-refractivity contribution in [3.63, 3.8) is 0 Å². The second-order valence-electron chi connectivity index (χ2n) is 7.57. The lowest BCUT2D eigenvalue weighted by Gasteiger charge is -2.42. The van der Waals surface area contributed by atoms with Gasteiger partial charge in [0.05, 0.1) is 6.42 Å². The fraction of sp³-hybridized carbons (Fsp3) is 0.938. The maximum absolute atomic E-state index is 13.7. The first-order chi connectivity index (χ1) is 12.1. The molecule has 5 unspecified atom stereocenters. The molecular weight excluding hydrogens is 395 g/mol. The monoisotopic (exact) mass is 414 g/mol. The second kappa shape index (κ2) is 6.72. The quantitative estimate of drug-likeness (QED) is 0.435. The number of rotatable bonds is 6. The number of hydrogen-bond donors (Lipinski definition) is 0. The van der Waals surface area contributed by atoms with E-state index in [1.54, 1.807) is 6.92 Å². The molecule has 0 aromatic rings. The minimum atomic E-state index is -5.23. The molecule has 11 heteroatoms. The molecule has 0 aromatic heterocycles. The summed E-state index contributed by atoms with van der Waals surface area (Å²) in [6, 6.07) is 0. The summed E-state index contributed by atoms with van der Waals surface area (Å²) in [4.78, 5) is 12.2. The van der Waals surface area contributed by atoms with E-state index in [1.807, 2.05) is 0 Å². The number of ether oxygens (including phenoxy) is 1. The minimum absolute atomic E-state index is 0.0505. The van der Waals surface area contributed by atoms with Crippen LogP contribution in [-0.2, 0) is 9.53 Å². The molecule has 0 spiro atoms. The Balaban J connectivity index is 2.20. The summed E-state index contributed by atoms with van der Waals surface area (Å²) in [7, 11) is 0. The lowest BCUT2D eigenvalue weighted by molar-refractivity contribution is -0.269. The molecule has 27 heavy (non-hydrogen) atoms. The summed E-state index contributed by atoms with van der Waals surface area (Å²) >= 11 is 0. The van der Waals surface area contributed by atoms with Crippen molar-refractivity contribution >= 4 is 5.97 Å². The minimum Gasteiger partial charge on any atom is -0.458 e. The fourth-order valence-corrected chi connectivity index (χ4v) is 4.45. The summed E-state index contributed by atoms with van der Waals surface area (Å²) in [6.45, 7) is 0.832. The van der Waals surface area contributed by atoms with E-state index in [2.05, 4.69) is 4.74 Å². The van der Waals surface area contributed by atoms with Gasteiger partial charge in [-0.3, -0.25) is 4.79 Å². The normalized spacial score (nSPS) is 34.4. The highest BCUT2D eigenvalue weighted by Crippen LogP contribution is 2.66. The highest BCUT2D eigenvalue weighted by Gasteiger charge is 2.73. The van der Waals surface area contributed by atoms with E-state index in [0.717, 1.165) is 0 Å². The SMILES string of the molecule is CC1C2CC(C1C)C(C(=O)OCC(F)(F)C(F)(F)CC(F)F)(C(F)(F)F)C2. The fourth-order valence-electron chi connectivity index (χ4n) is 4.45. The van der Waals surface area contributed by atoms with Crippen LogP contribution in [0.3, 0.4) is 0 Å². The zero-order valence-electron chi connectivity index (χ0n) is 14.4. The Kier molecular flexibility index (Phi) is 5.51. The summed E-state index contributed by atoms with van der Waals surface area (Å²) < 4.78 is 123. The van der Waals surface area contributed by atoms with Crippen molar-refractivity contribution in [2.75, 3.05) is 6.61 Å². The standard InChI is InChI=1S/C16H19F9O2/c1-7-8(2)10-3-9(7)4-13(10,16(23,24)25)12(26)27-6-15(21,22)14(19,20)5-11(17)18/h7-11H,3-6H2,1-2H3. The molecule has 2 aliphatic carbocycles. The number of carbonyl (C=O) groups excluding carboxylic acids is 1. The number of esters is 1. The van der Waals surface area contributed by atoms with E-state index < -0.39 is 73.0 Å². The molecule has 0 amide bonds. The molecule has 0 saturated heterocycles. The second-order valence-corrected chi connectivity index (χ2v) is 7.57. The van der Waals surface area contributed by atoms with Gasteiger partial charge in [0.2, 0.25) is 6.43 Å². The van der Waals surface area contributed by atoms with E-state index in [0.29, 0.717) is 0 Å². The first kappa shape index (κ1) is 22.1. The molecule has 2 nitrogen and oxygen atoms in total. The Morgan fingerprint density at radius 2 is 1.59 bits per heavy atom. The van der Waals surface area contributed by atoms with Crippen LogP contribution < -0.4 is 0 Å². The average molecular weight is 414 g/mol. The van der Waals surface area contributed by atoms with Gasteiger partial charge in [-0.2, -0.15) is 30.7 Å². The predicted molar refractivity (Wildman–Crippen MR) is 74.5 cm³/mol. The van der Waals surface area contributed by atoms with Gasteiger partial charge in [0.1, 0.15) is 0 Å². The Hall–Kier alpha value is -1.16. The van der Waals surface area contributed by atoms with Gasteiger partial charge < -0.3 is 4.74 Å².